The molecule has 0 rings (SSSR count). The van der Waals surface area contributed by atoms with Crippen LogP contribution in [0.5, 0.6) is 0 Å². The summed E-state index contributed by atoms with van der Waals surface area (Å²) in [6, 6.07) is 0. The van der Waals surface area contributed by atoms with Crippen molar-refractivity contribution in [3.8, 4) is 0 Å². The van der Waals surface area contributed by atoms with Gasteiger partial charge in [-0.3, -0.25) is 9.35 Å². The molecule has 5 nitrogen and oxygen atoms in total. The Bertz CT molecular complexity index is 199. The summed E-state index contributed by atoms with van der Waals surface area (Å²) in [7, 11) is -4.02. The zero-order chi connectivity index (χ0) is 7.49. The third-order valence-corrected chi connectivity index (χ3v) is 1.33. The van der Waals surface area contributed by atoms with Gasteiger partial charge in [-0.25, -0.2) is 0 Å². The van der Waals surface area contributed by atoms with Crippen molar-refractivity contribution in [2.24, 2.45) is 5.73 Å². The van der Waals surface area contributed by atoms with E-state index in [0.29, 0.717) is 0 Å². The van der Waals surface area contributed by atoms with E-state index in [1.54, 1.807) is 0 Å². The van der Waals surface area contributed by atoms with Crippen molar-refractivity contribution in [2.75, 3.05) is 5.75 Å². The Hall–Kier alpha value is 1.02. The van der Waals surface area contributed by atoms with Crippen molar-refractivity contribution >= 4 is 67.4 Å². The first kappa shape index (κ1) is 13.6. The molecule has 1 amide bonds. The molecule has 0 radical (unpaired) electrons. The Kier molecular flexibility index (Phi) is 7.67. The molecule has 0 spiro atoms. The van der Waals surface area contributed by atoms with Crippen LogP contribution in [0.25, 0.3) is 0 Å². The second-order valence-corrected chi connectivity index (χ2v) is 3.07. The summed E-state index contributed by atoms with van der Waals surface area (Å²) < 4.78 is 27.8. The second-order valence-electron chi connectivity index (χ2n) is 1.50. The van der Waals surface area contributed by atoms with Crippen LogP contribution in [0, 0.1) is 0 Å². The van der Waals surface area contributed by atoms with Crippen molar-refractivity contribution in [1.82, 2.24) is 0 Å². The van der Waals surface area contributed by atoms with Crippen LogP contribution in [0.15, 0.2) is 0 Å². The molecule has 0 aromatic heterocycles. The van der Waals surface area contributed by atoms with Gasteiger partial charge in [-0.05, 0) is 0 Å². The number of carbonyl (C=O) groups excluding carboxylic acids is 1. The van der Waals surface area contributed by atoms with Gasteiger partial charge in [-0.2, -0.15) is 8.42 Å². The van der Waals surface area contributed by atoms with Gasteiger partial charge in [-0.1, -0.05) is 0 Å². The number of hydrogen-bond donors (Lipinski definition) is 2. The maximum absolute atomic E-state index is 9.89. The Morgan fingerprint density at radius 3 is 2.00 bits per heavy atom. The molecule has 3 N–H and O–H groups in total. The normalized spacial score (nSPS) is 10.1. The van der Waals surface area contributed by atoms with Gasteiger partial charge in [0.15, 0.2) is 0 Å². The molecule has 0 aliphatic carbocycles. The average Bonchev–Trinajstić information content (AvgIpc) is 1.59. The van der Waals surface area contributed by atoms with E-state index >= 15 is 0 Å². The Balaban J connectivity index is 0. The van der Waals surface area contributed by atoms with Gasteiger partial charge in [-0.15, -0.1) is 0 Å². The number of rotatable bonds is 3. The molecule has 56 valence electrons. The standard InChI is InChI=1S/C3H7NO4S.K.H/c4-3(5)1-2-9(6,7)8;;/h1-2H2,(H2,4,5)(H,6,7,8);;. The average molecular weight is 193 g/mol. The van der Waals surface area contributed by atoms with Crippen molar-refractivity contribution < 1.29 is 17.8 Å². The monoisotopic (exact) mass is 193 g/mol. The fourth-order valence-corrected chi connectivity index (χ4v) is 0.689. The SMILES string of the molecule is NC(=O)CCS(=O)(=O)O.[KH]. The van der Waals surface area contributed by atoms with E-state index in [2.05, 4.69) is 5.73 Å². The van der Waals surface area contributed by atoms with Gasteiger partial charge >= 0.3 is 51.4 Å². The summed E-state index contributed by atoms with van der Waals surface area (Å²) in [4.78, 5) is 9.89. The molecule has 7 heteroatoms. The van der Waals surface area contributed by atoms with E-state index in [9.17, 15) is 13.2 Å². The molecule has 0 saturated heterocycles. The zero-order valence-electron chi connectivity index (χ0n) is 4.57. The van der Waals surface area contributed by atoms with Crippen molar-refractivity contribution in [2.45, 2.75) is 6.42 Å². The molecule has 0 aliphatic heterocycles. The topological polar surface area (TPSA) is 97.5 Å². The number of primary amides is 1. The van der Waals surface area contributed by atoms with Gasteiger partial charge in [0.1, 0.15) is 0 Å². The molecule has 0 aliphatic rings. The van der Waals surface area contributed by atoms with Crippen LogP contribution in [0.1, 0.15) is 6.42 Å². The first-order valence-electron chi connectivity index (χ1n) is 2.15. The minimum atomic E-state index is -4.02. The van der Waals surface area contributed by atoms with Crippen LogP contribution in [0.4, 0.5) is 0 Å². The van der Waals surface area contributed by atoms with Crippen LogP contribution in [0.3, 0.4) is 0 Å². The summed E-state index contributed by atoms with van der Waals surface area (Å²) in [6.07, 6.45) is -0.334. The Morgan fingerprint density at radius 1 is 1.50 bits per heavy atom. The zero-order valence-corrected chi connectivity index (χ0v) is 5.39. The molecule has 0 atom stereocenters. The van der Waals surface area contributed by atoms with Gasteiger partial charge in [0.2, 0.25) is 5.91 Å². The van der Waals surface area contributed by atoms with E-state index in [1.165, 1.54) is 0 Å². The number of hydrogen-bond acceptors (Lipinski definition) is 3. The molecule has 0 heterocycles. The molecule has 0 aromatic carbocycles. The predicted molar refractivity (Wildman–Crippen MR) is 37.4 cm³/mol. The first-order chi connectivity index (χ1) is 3.92. The summed E-state index contributed by atoms with van der Waals surface area (Å²) in [5, 5.41) is 0. The predicted octanol–water partition coefficient (Wildman–Crippen LogP) is -1.90. The second kappa shape index (κ2) is 5.64. The third kappa shape index (κ3) is 11.8. The molecule has 10 heavy (non-hydrogen) atoms. The van der Waals surface area contributed by atoms with E-state index in [1.807, 2.05) is 0 Å². The quantitative estimate of drug-likeness (QED) is 0.404. The van der Waals surface area contributed by atoms with Gasteiger partial charge < -0.3 is 5.73 Å². The summed E-state index contributed by atoms with van der Waals surface area (Å²) >= 11 is 0. The molecule has 0 aromatic rings. The van der Waals surface area contributed by atoms with Crippen molar-refractivity contribution in [3.05, 3.63) is 0 Å². The minimum absolute atomic E-state index is 0. The maximum atomic E-state index is 9.89. The molecule has 0 bridgehead atoms. The Morgan fingerprint density at radius 2 is 1.90 bits per heavy atom. The van der Waals surface area contributed by atoms with E-state index < -0.39 is 21.8 Å². The fraction of sp³-hybridized carbons (Fsp3) is 0.667. The van der Waals surface area contributed by atoms with E-state index in [4.69, 9.17) is 4.55 Å². The summed E-state index contributed by atoms with van der Waals surface area (Å²) in [5.74, 6) is -1.34. The number of carbonyl (C=O) groups is 1. The third-order valence-electron chi connectivity index (χ3n) is 0.606. The summed E-state index contributed by atoms with van der Waals surface area (Å²) in [5.41, 5.74) is 4.59. The number of nitrogens with two attached hydrogens (primary N) is 1. The van der Waals surface area contributed by atoms with Crippen LogP contribution < -0.4 is 5.73 Å². The van der Waals surface area contributed by atoms with E-state index in [-0.39, 0.29) is 57.8 Å². The van der Waals surface area contributed by atoms with Crippen molar-refractivity contribution in [3.63, 3.8) is 0 Å². The molecular weight excluding hydrogens is 185 g/mol. The fourth-order valence-electron chi connectivity index (χ4n) is 0.230. The van der Waals surface area contributed by atoms with Gasteiger partial charge in [0.25, 0.3) is 10.1 Å². The molecule has 0 fully saturated rings. The van der Waals surface area contributed by atoms with Crippen LogP contribution in [-0.2, 0) is 14.9 Å². The summed E-state index contributed by atoms with van der Waals surface area (Å²) in [6.45, 7) is 0. The van der Waals surface area contributed by atoms with E-state index in [0.717, 1.165) is 0 Å². The van der Waals surface area contributed by atoms with Crippen molar-refractivity contribution in [1.29, 1.82) is 0 Å². The van der Waals surface area contributed by atoms with Crippen LogP contribution in [0.2, 0.25) is 0 Å². The first-order valence-corrected chi connectivity index (χ1v) is 3.76. The molecule has 0 saturated carbocycles. The van der Waals surface area contributed by atoms with Gasteiger partial charge in [0, 0.05) is 6.42 Å². The van der Waals surface area contributed by atoms with Crippen LogP contribution >= 0.6 is 0 Å². The molecular formula is C3H8KNO4S. The van der Waals surface area contributed by atoms with Gasteiger partial charge in [0.05, 0.1) is 5.75 Å². The number of amides is 1. The molecule has 0 unspecified atom stereocenters. The van der Waals surface area contributed by atoms with Crippen LogP contribution in [-0.4, -0.2) is 76.0 Å². The Labute approximate surface area is 102 Å².